The molecule has 0 aromatic carbocycles. The van der Waals surface area contributed by atoms with Crippen LogP contribution in [0.2, 0.25) is 0 Å². The summed E-state index contributed by atoms with van der Waals surface area (Å²) in [6, 6.07) is 0. The fraction of sp³-hybridized carbons (Fsp3) is 0.615. The lowest BCUT2D eigenvalue weighted by atomic mass is 10.3. The summed E-state index contributed by atoms with van der Waals surface area (Å²) >= 11 is 0. The Hall–Kier alpha value is -1.73. The molecule has 0 atom stereocenters. The van der Waals surface area contributed by atoms with E-state index in [2.05, 4.69) is 11.3 Å². The van der Waals surface area contributed by atoms with Crippen molar-refractivity contribution in [1.82, 2.24) is 0 Å². The number of hydrogen-bond donors (Lipinski definition) is 0. The van der Waals surface area contributed by atoms with Gasteiger partial charge in [-0.05, 0) is 6.92 Å². The van der Waals surface area contributed by atoms with Crippen LogP contribution in [0.15, 0.2) is 12.2 Å². The van der Waals surface area contributed by atoms with Crippen LogP contribution < -0.4 is 0 Å². The minimum atomic E-state index is -0.563. The monoisotopic (exact) mass is 288 g/mol. The molecule has 0 saturated heterocycles. The molecule has 7 nitrogen and oxygen atoms in total. The number of ketones is 1. The van der Waals surface area contributed by atoms with E-state index < -0.39 is 11.9 Å². The Bertz CT molecular complexity index is 349. The first kappa shape index (κ1) is 18.3. The molecule has 0 aliphatic carbocycles. The van der Waals surface area contributed by atoms with Gasteiger partial charge in [0.25, 0.3) is 0 Å². The lowest BCUT2D eigenvalue weighted by Crippen LogP contribution is -2.15. The predicted octanol–water partition coefficient (Wildman–Crippen LogP) is 0.271. The van der Waals surface area contributed by atoms with Crippen molar-refractivity contribution in [2.45, 2.75) is 13.3 Å². The number of ether oxygens (including phenoxy) is 4. The number of carbonyl (C=O) groups excluding carboxylic acids is 3. The first-order chi connectivity index (χ1) is 9.47. The zero-order valence-corrected chi connectivity index (χ0v) is 11.8. The predicted molar refractivity (Wildman–Crippen MR) is 69.1 cm³/mol. The van der Waals surface area contributed by atoms with Crippen molar-refractivity contribution in [3.8, 4) is 0 Å². The van der Waals surface area contributed by atoms with Gasteiger partial charge >= 0.3 is 11.9 Å². The highest BCUT2D eigenvalue weighted by atomic mass is 16.6. The molecule has 0 aromatic heterocycles. The van der Waals surface area contributed by atoms with Crippen molar-refractivity contribution in [1.29, 1.82) is 0 Å². The average molecular weight is 288 g/mol. The molecule has 20 heavy (non-hydrogen) atoms. The molecule has 0 amide bonds. The standard InChI is InChI=1S/C13H20O7/c1-10(13(16)17-3)9-19-5-4-18-6-7-20-12(15)8-11(2)14/h1,4-9H2,2-3H3. The van der Waals surface area contributed by atoms with E-state index in [1.54, 1.807) is 0 Å². The lowest BCUT2D eigenvalue weighted by Gasteiger charge is -2.07. The van der Waals surface area contributed by atoms with E-state index in [0.717, 1.165) is 0 Å². The molecule has 0 radical (unpaired) electrons. The zero-order valence-electron chi connectivity index (χ0n) is 11.8. The highest BCUT2D eigenvalue weighted by molar-refractivity contribution is 5.94. The first-order valence-electron chi connectivity index (χ1n) is 6.04. The molecular formula is C13H20O7. The largest absolute Gasteiger partial charge is 0.466 e. The molecule has 0 aliphatic rings. The third-order valence-corrected chi connectivity index (χ3v) is 2.01. The SMILES string of the molecule is C=C(COCCOCCOC(=O)CC(C)=O)C(=O)OC. The van der Waals surface area contributed by atoms with Crippen LogP contribution in [0, 0.1) is 0 Å². The summed E-state index contributed by atoms with van der Waals surface area (Å²) in [6.07, 6.45) is -0.223. The van der Waals surface area contributed by atoms with Crippen molar-refractivity contribution in [3.63, 3.8) is 0 Å². The van der Waals surface area contributed by atoms with E-state index in [9.17, 15) is 14.4 Å². The highest BCUT2D eigenvalue weighted by Crippen LogP contribution is 1.94. The quantitative estimate of drug-likeness (QED) is 0.233. The number of methoxy groups -OCH3 is 1. The van der Waals surface area contributed by atoms with E-state index in [0.29, 0.717) is 6.61 Å². The third-order valence-electron chi connectivity index (χ3n) is 2.01. The summed E-state index contributed by atoms with van der Waals surface area (Å²) < 4.78 is 19.4. The molecule has 7 heteroatoms. The maximum absolute atomic E-state index is 11.0. The van der Waals surface area contributed by atoms with Gasteiger partial charge in [-0.15, -0.1) is 0 Å². The van der Waals surface area contributed by atoms with Gasteiger partial charge in [-0.1, -0.05) is 6.58 Å². The molecule has 0 bridgehead atoms. The van der Waals surface area contributed by atoms with Gasteiger partial charge in [0.1, 0.15) is 18.8 Å². The molecule has 0 spiro atoms. The molecular weight excluding hydrogens is 268 g/mol. The number of carbonyl (C=O) groups is 3. The minimum absolute atomic E-state index is 0.0730. The molecule has 0 rings (SSSR count). The fourth-order valence-corrected chi connectivity index (χ4v) is 1.09. The average Bonchev–Trinajstić information content (AvgIpc) is 2.39. The van der Waals surface area contributed by atoms with E-state index in [-0.39, 0.29) is 44.2 Å². The lowest BCUT2D eigenvalue weighted by molar-refractivity contribution is -0.147. The fourth-order valence-electron chi connectivity index (χ4n) is 1.09. The third kappa shape index (κ3) is 10.2. The van der Waals surface area contributed by atoms with Crippen molar-refractivity contribution in [2.75, 3.05) is 40.1 Å². The second-order valence-corrected chi connectivity index (χ2v) is 3.86. The van der Waals surface area contributed by atoms with Gasteiger partial charge in [-0.2, -0.15) is 0 Å². The Morgan fingerprint density at radius 2 is 1.60 bits per heavy atom. The maximum atomic E-state index is 11.0. The number of hydrogen-bond acceptors (Lipinski definition) is 7. The normalized spacial score (nSPS) is 9.90. The van der Waals surface area contributed by atoms with E-state index in [1.807, 2.05) is 0 Å². The summed E-state index contributed by atoms with van der Waals surface area (Å²) in [5.74, 6) is -1.31. The first-order valence-corrected chi connectivity index (χ1v) is 6.04. The molecule has 0 aliphatic heterocycles. The van der Waals surface area contributed by atoms with Crippen LogP contribution >= 0.6 is 0 Å². The minimum Gasteiger partial charge on any atom is -0.466 e. The Morgan fingerprint density at radius 3 is 2.20 bits per heavy atom. The van der Waals surface area contributed by atoms with Gasteiger partial charge in [0.2, 0.25) is 0 Å². The van der Waals surface area contributed by atoms with E-state index in [1.165, 1.54) is 14.0 Å². The molecule has 114 valence electrons. The van der Waals surface area contributed by atoms with Crippen molar-refractivity contribution in [3.05, 3.63) is 12.2 Å². The van der Waals surface area contributed by atoms with Gasteiger partial charge in [0, 0.05) is 0 Å². The topological polar surface area (TPSA) is 88.1 Å². The van der Waals surface area contributed by atoms with Gasteiger partial charge in [-0.25, -0.2) is 4.79 Å². The Kier molecular flexibility index (Phi) is 10.2. The van der Waals surface area contributed by atoms with Crippen LogP contribution in [-0.2, 0) is 33.3 Å². The van der Waals surface area contributed by atoms with Gasteiger partial charge in [0.05, 0.1) is 39.1 Å². The number of Topliss-reactive ketones (excluding diaryl/α,β-unsaturated/α-hetero) is 1. The Labute approximate surface area is 117 Å². The number of esters is 2. The van der Waals surface area contributed by atoms with Crippen LogP contribution in [0.5, 0.6) is 0 Å². The second kappa shape index (κ2) is 11.1. The van der Waals surface area contributed by atoms with Crippen molar-refractivity contribution < 1.29 is 33.3 Å². The summed E-state index contributed by atoms with van der Waals surface area (Å²) in [5.41, 5.74) is 0.227. The van der Waals surface area contributed by atoms with Crippen LogP contribution in [0.3, 0.4) is 0 Å². The number of rotatable bonds is 11. The van der Waals surface area contributed by atoms with Crippen molar-refractivity contribution >= 4 is 17.7 Å². The summed E-state index contributed by atoms with van der Waals surface area (Å²) in [7, 11) is 1.27. The van der Waals surface area contributed by atoms with Gasteiger partial charge in [-0.3, -0.25) is 9.59 Å². The van der Waals surface area contributed by atoms with Crippen LogP contribution in [0.1, 0.15) is 13.3 Å². The summed E-state index contributed by atoms with van der Waals surface area (Å²) in [6.45, 7) is 5.74. The highest BCUT2D eigenvalue weighted by Gasteiger charge is 2.06. The molecule has 0 unspecified atom stereocenters. The van der Waals surface area contributed by atoms with Gasteiger partial charge in [0.15, 0.2) is 0 Å². The molecule has 0 saturated carbocycles. The molecule has 0 heterocycles. The maximum Gasteiger partial charge on any atom is 0.335 e. The van der Waals surface area contributed by atoms with E-state index in [4.69, 9.17) is 14.2 Å². The van der Waals surface area contributed by atoms with Crippen LogP contribution in [0.25, 0.3) is 0 Å². The summed E-state index contributed by atoms with van der Waals surface area (Å²) in [5, 5.41) is 0. The smallest absolute Gasteiger partial charge is 0.335 e. The molecule has 0 aromatic rings. The van der Waals surface area contributed by atoms with Gasteiger partial charge < -0.3 is 18.9 Å². The summed E-state index contributed by atoms with van der Waals surface area (Å²) in [4.78, 5) is 32.5. The van der Waals surface area contributed by atoms with E-state index >= 15 is 0 Å². The zero-order chi connectivity index (χ0) is 15.4. The second-order valence-electron chi connectivity index (χ2n) is 3.86. The Morgan fingerprint density at radius 1 is 1.00 bits per heavy atom. The van der Waals surface area contributed by atoms with Crippen LogP contribution in [-0.4, -0.2) is 57.9 Å². The Balaban J connectivity index is 3.37. The molecule has 0 N–H and O–H groups in total. The molecule has 0 fully saturated rings. The van der Waals surface area contributed by atoms with Crippen molar-refractivity contribution in [2.24, 2.45) is 0 Å². The van der Waals surface area contributed by atoms with Crippen LogP contribution in [0.4, 0.5) is 0 Å².